The van der Waals surface area contributed by atoms with Gasteiger partial charge >= 0.3 is 14.5 Å². The minimum Gasteiger partial charge on any atom is -0.496 e. The number of hydrogen-bond acceptors (Lipinski definition) is 1. The summed E-state index contributed by atoms with van der Waals surface area (Å²) in [5, 5.41) is 0. The first-order chi connectivity index (χ1) is 7.42. The van der Waals surface area contributed by atoms with E-state index in [2.05, 4.69) is 48.5 Å². The van der Waals surface area contributed by atoms with Gasteiger partial charge in [-0.1, -0.05) is 69.5 Å². The predicted molar refractivity (Wildman–Crippen MR) is 64.9 cm³/mol. The summed E-state index contributed by atoms with van der Waals surface area (Å²) in [6.45, 7) is 0. The molecule has 0 spiro atoms. The average Bonchev–Trinajstić information content (AvgIpc) is 2.33. The van der Waals surface area contributed by atoms with Crippen LogP contribution in [0.25, 0.3) is 0 Å². The van der Waals surface area contributed by atoms with E-state index in [0.29, 0.717) is 0 Å². The van der Waals surface area contributed by atoms with Crippen LogP contribution in [0.4, 0.5) is 0 Å². The number of hydrogen-bond donors (Lipinski definition) is 0. The molecule has 2 heteroatoms. The summed E-state index contributed by atoms with van der Waals surface area (Å²) in [5.41, 5.74) is 0. The topological polar surface area (TPSA) is 9.23 Å². The molecule has 15 heavy (non-hydrogen) atoms. The first kappa shape index (κ1) is 10.5. The van der Waals surface area contributed by atoms with Crippen LogP contribution < -0.4 is 8.85 Å². The van der Waals surface area contributed by atoms with Gasteiger partial charge in [0.05, 0.1) is 0 Å². The van der Waals surface area contributed by atoms with Crippen LogP contribution in [0.2, 0.25) is 0 Å². The molecule has 0 radical (unpaired) electrons. The molecule has 0 fully saturated rings. The molecule has 74 valence electrons. The van der Waals surface area contributed by atoms with Gasteiger partial charge in [-0.25, -0.2) is 0 Å². The molecular formula is C13H13AlO. The lowest BCUT2D eigenvalue weighted by Gasteiger charge is -2.09. The van der Waals surface area contributed by atoms with E-state index in [4.69, 9.17) is 3.79 Å². The van der Waals surface area contributed by atoms with Crippen LogP contribution in [0.1, 0.15) is 0 Å². The predicted octanol–water partition coefficient (Wildman–Crippen LogP) is 1.44. The molecule has 1 nitrogen and oxygen atoms in total. The van der Waals surface area contributed by atoms with Crippen molar-refractivity contribution in [2.75, 3.05) is 7.11 Å². The van der Waals surface area contributed by atoms with Crippen LogP contribution in [0.5, 0.6) is 0 Å². The van der Waals surface area contributed by atoms with Gasteiger partial charge in [-0.3, -0.25) is 0 Å². The standard InChI is InChI=1S/2C6H5.CH3O.Al/c2*1-2-4-6-5-3-1;1-2;/h2*1-5H;1H3;/q;;-1;+1. The van der Waals surface area contributed by atoms with E-state index < -0.39 is 14.5 Å². The van der Waals surface area contributed by atoms with Crippen LogP contribution in [-0.2, 0) is 3.79 Å². The first-order valence-electron chi connectivity index (χ1n) is 5.04. The van der Waals surface area contributed by atoms with E-state index in [0.717, 1.165) is 0 Å². The van der Waals surface area contributed by atoms with Gasteiger partial charge in [-0.15, -0.1) is 0 Å². The zero-order valence-corrected chi connectivity index (χ0v) is 9.91. The minimum absolute atomic E-state index is 1.33. The molecule has 0 N–H and O–H groups in total. The fourth-order valence-corrected chi connectivity index (χ4v) is 3.79. The highest BCUT2D eigenvalue weighted by Gasteiger charge is 2.23. The maximum atomic E-state index is 5.66. The largest absolute Gasteiger partial charge is 0.544 e. The summed E-state index contributed by atoms with van der Waals surface area (Å²) >= 11 is -1.43. The summed E-state index contributed by atoms with van der Waals surface area (Å²) < 4.78 is 8.31. The molecule has 2 rings (SSSR count). The average molecular weight is 212 g/mol. The molecule has 0 unspecified atom stereocenters. The third kappa shape index (κ3) is 2.49. The van der Waals surface area contributed by atoms with Crippen LogP contribution in [-0.4, -0.2) is 21.6 Å². The summed E-state index contributed by atoms with van der Waals surface area (Å²) in [4.78, 5) is 0. The second kappa shape index (κ2) is 5.14. The molecule has 0 bridgehead atoms. The molecule has 0 aromatic heterocycles. The van der Waals surface area contributed by atoms with E-state index in [9.17, 15) is 0 Å². The van der Waals surface area contributed by atoms with Crippen molar-refractivity contribution in [2.45, 2.75) is 0 Å². The fraction of sp³-hybridized carbons (Fsp3) is 0.0769. The van der Waals surface area contributed by atoms with Crippen molar-refractivity contribution in [3.05, 3.63) is 60.7 Å². The van der Waals surface area contributed by atoms with Gasteiger partial charge in [0.15, 0.2) is 0 Å². The summed E-state index contributed by atoms with van der Waals surface area (Å²) in [6, 6.07) is 20.9. The lowest BCUT2D eigenvalue weighted by Crippen LogP contribution is -2.43. The van der Waals surface area contributed by atoms with Crippen molar-refractivity contribution in [3.8, 4) is 0 Å². The highest BCUT2D eigenvalue weighted by atomic mass is 27.2. The molecule has 0 saturated heterocycles. The zero-order valence-electron chi connectivity index (χ0n) is 8.76. The Morgan fingerprint density at radius 2 is 1.13 bits per heavy atom. The normalized spacial score (nSPS) is 9.93. The quantitative estimate of drug-likeness (QED) is 0.699. The number of benzene rings is 2. The van der Waals surface area contributed by atoms with Crippen LogP contribution in [0.15, 0.2) is 60.7 Å². The van der Waals surface area contributed by atoms with Gasteiger partial charge in [0.25, 0.3) is 0 Å². The zero-order chi connectivity index (χ0) is 10.5. The van der Waals surface area contributed by atoms with Crippen molar-refractivity contribution in [2.24, 2.45) is 0 Å². The second-order valence-corrected chi connectivity index (χ2v) is 6.00. The molecule has 2 aromatic carbocycles. The summed E-state index contributed by atoms with van der Waals surface area (Å²) in [5.74, 6) is 0. The Labute approximate surface area is 95.1 Å². The Hall–Kier alpha value is -1.07. The van der Waals surface area contributed by atoms with Crippen LogP contribution >= 0.6 is 0 Å². The first-order valence-corrected chi connectivity index (χ1v) is 6.67. The lowest BCUT2D eigenvalue weighted by atomic mass is 10.4. The molecule has 0 aliphatic heterocycles. The molecule has 0 aliphatic rings. The Morgan fingerprint density at radius 1 is 0.733 bits per heavy atom. The number of rotatable bonds is 3. The monoisotopic (exact) mass is 212 g/mol. The highest BCUT2D eigenvalue weighted by Crippen LogP contribution is 1.92. The maximum absolute atomic E-state index is 5.66. The van der Waals surface area contributed by atoms with E-state index in [-0.39, 0.29) is 0 Å². The SMILES string of the molecule is C[O][Al]([c]1ccccc1)[c]1ccccc1. The Balaban J connectivity index is 2.34. The van der Waals surface area contributed by atoms with Crippen molar-refractivity contribution >= 4 is 23.3 Å². The fourth-order valence-electron chi connectivity index (χ4n) is 1.72. The highest BCUT2D eigenvalue weighted by molar-refractivity contribution is 6.79. The molecule has 0 aliphatic carbocycles. The van der Waals surface area contributed by atoms with Crippen molar-refractivity contribution < 1.29 is 3.79 Å². The molecule has 0 amide bonds. The Morgan fingerprint density at radius 3 is 1.47 bits per heavy atom. The second-order valence-electron chi connectivity index (χ2n) is 3.44. The lowest BCUT2D eigenvalue weighted by molar-refractivity contribution is 0.439. The third-order valence-electron chi connectivity index (χ3n) is 2.44. The van der Waals surface area contributed by atoms with Gasteiger partial charge in [-0.05, 0) is 0 Å². The van der Waals surface area contributed by atoms with Gasteiger partial charge in [0, 0.05) is 7.11 Å². The van der Waals surface area contributed by atoms with E-state index in [1.807, 2.05) is 12.1 Å². The molecule has 2 aromatic rings. The Bertz CT molecular complexity index is 360. The molecular weight excluding hydrogens is 199 g/mol. The summed E-state index contributed by atoms with van der Waals surface area (Å²) in [7, 11) is 1.80. The van der Waals surface area contributed by atoms with Crippen molar-refractivity contribution in [1.82, 2.24) is 0 Å². The molecule has 0 saturated carbocycles. The third-order valence-corrected chi connectivity index (χ3v) is 4.89. The summed E-state index contributed by atoms with van der Waals surface area (Å²) in [6.07, 6.45) is 0. The van der Waals surface area contributed by atoms with Gasteiger partial charge in [-0.2, -0.15) is 0 Å². The molecule has 0 atom stereocenters. The van der Waals surface area contributed by atoms with E-state index in [1.165, 1.54) is 8.85 Å². The van der Waals surface area contributed by atoms with Gasteiger partial charge < -0.3 is 3.79 Å². The van der Waals surface area contributed by atoms with Gasteiger partial charge in [0.1, 0.15) is 0 Å². The molecule has 0 heterocycles. The van der Waals surface area contributed by atoms with Crippen LogP contribution in [0.3, 0.4) is 0 Å². The van der Waals surface area contributed by atoms with Crippen LogP contribution in [0, 0.1) is 0 Å². The maximum Gasteiger partial charge on any atom is 0.544 e. The van der Waals surface area contributed by atoms with Gasteiger partial charge in [0.2, 0.25) is 0 Å². The van der Waals surface area contributed by atoms with Crippen molar-refractivity contribution in [3.63, 3.8) is 0 Å². The smallest absolute Gasteiger partial charge is 0.496 e. The Kier molecular flexibility index (Phi) is 3.58. The van der Waals surface area contributed by atoms with Crippen molar-refractivity contribution in [1.29, 1.82) is 0 Å². The minimum atomic E-state index is -1.43. The van der Waals surface area contributed by atoms with E-state index >= 15 is 0 Å². The van der Waals surface area contributed by atoms with E-state index in [1.54, 1.807) is 7.11 Å².